The van der Waals surface area contributed by atoms with Gasteiger partial charge in [-0.2, -0.15) is 31.6 Å². The Labute approximate surface area is 120 Å². The number of hydrogen-bond donors (Lipinski definition) is 6. The Balaban J connectivity index is -0.0000000180. The van der Waals surface area contributed by atoms with E-state index in [1.54, 1.807) is 0 Å². The van der Waals surface area contributed by atoms with Gasteiger partial charge in [0.25, 0.3) is 37.5 Å². The Kier molecular flexibility index (Phi) is 1100. The summed E-state index contributed by atoms with van der Waals surface area (Å²) >= 11 is 0. The zero-order valence-corrected chi connectivity index (χ0v) is 10.5. The van der Waals surface area contributed by atoms with E-state index in [2.05, 4.69) is 0 Å². The fourth-order valence-corrected chi connectivity index (χ4v) is 0. The predicted octanol–water partition coefficient (Wildman–Crippen LogP) is -0.963. The van der Waals surface area contributed by atoms with Gasteiger partial charge in [-0.05, 0) is 0 Å². The molecule has 6 N–H and O–H groups in total. The first kappa shape index (κ1) is 45.3. The second-order valence-electron chi connectivity index (χ2n) is 0.600. The molecule has 0 bridgehead atoms. The van der Waals surface area contributed by atoms with E-state index in [9.17, 15) is 0 Å². The fraction of sp³-hybridized carbons (Fsp3) is 0. The second-order valence-corrected chi connectivity index (χ2v) is 0.600. The third-order valence-electron chi connectivity index (χ3n) is 0. The van der Waals surface area contributed by atoms with Crippen LogP contribution in [0.1, 0.15) is 0 Å². The van der Waals surface area contributed by atoms with Crippen LogP contribution in [0.25, 0.3) is 0 Å². The summed E-state index contributed by atoms with van der Waals surface area (Å²) in [6.07, 6.45) is 4.50. The first-order chi connectivity index (χ1) is 8.49. The molecule has 0 aliphatic heterocycles. The Hall–Kier alpha value is -3.64. The number of nitrogens with zero attached hydrogens (tertiary/aromatic N) is 6. The molecule has 0 spiro atoms. The Morgan fingerprint density at radius 2 is 0.368 bits per heavy atom. The van der Waals surface area contributed by atoms with Gasteiger partial charge in [0, 0.05) is 19.5 Å². The van der Waals surface area contributed by atoms with E-state index < -0.39 is 0 Å². The molecule has 104 valence electrons. The van der Waals surface area contributed by atoms with Crippen molar-refractivity contribution in [3.8, 4) is 37.5 Å². The van der Waals surface area contributed by atoms with Crippen LogP contribution in [0.5, 0.6) is 0 Å². The van der Waals surface area contributed by atoms with Crippen molar-refractivity contribution in [3.63, 3.8) is 0 Å². The van der Waals surface area contributed by atoms with Crippen LogP contribution in [-0.4, -0.2) is 30.6 Å². The Morgan fingerprint density at radius 1 is 0.368 bits per heavy atom. The molecule has 0 saturated carbocycles. The normalized spacial score (nSPS) is 2.21. The molecular formula is C6H6N6O6Ru. The zero-order valence-electron chi connectivity index (χ0n) is 8.72. The SMILES string of the molecule is N#CO.N#CO.N#CO.N#CO.N#CO.N#CO.[Ru]. The monoisotopic (exact) mass is 360 g/mol. The number of aliphatic hydroxyl groups excluding tert-OH is 6. The molecular weight excluding hydrogens is 353 g/mol. The second kappa shape index (κ2) is 459. The molecule has 0 aliphatic rings. The smallest absolute Gasteiger partial charge is 0.283 e. The zero-order chi connectivity index (χ0) is 16.2. The van der Waals surface area contributed by atoms with Crippen molar-refractivity contribution in [1.29, 1.82) is 31.6 Å². The standard InChI is InChI=1S/6CHNO.Ru/c6*2-1-3;/h6*3H;. The molecule has 0 radical (unpaired) electrons. The maximum Gasteiger partial charge on any atom is 0.283 e. The largest absolute Gasteiger partial charge is 0.443 e. The fourth-order valence-electron chi connectivity index (χ4n) is 0. The van der Waals surface area contributed by atoms with Crippen molar-refractivity contribution >= 4 is 0 Å². The van der Waals surface area contributed by atoms with Gasteiger partial charge in [-0.1, -0.05) is 0 Å². The van der Waals surface area contributed by atoms with Crippen LogP contribution < -0.4 is 0 Å². The van der Waals surface area contributed by atoms with E-state index in [4.69, 9.17) is 62.2 Å². The molecule has 12 nitrogen and oxygen atoms in total. The van der Waals surface area contributed by atoms with E-state index in [-0.39, 0.29) is 19.5 Å². The molecule has 13 heteroatoms. The molecule has 0 aromatic carbocycles. The minimum Gasteiger partial charge on any atom is -0.443 e. The van der Waals surface area contributed by atoms with Gasteiger partial charge >= 0.3 is 0 Å². The summed E-state index contributed by atoms with van der Waals surface area (Å²) in [5, 5.41) is 82.5. The number of nitriles is 6. The van der Waals surface area contributed by atoms with Crippen LogP contribution in [0.3, 0.4) is 0 Å². The van der Waals surface area contributed by atoms with Crippen molar-refractivity contribution in [2.45, 2.75) is 0 Å². The maximum atomic E-state index is 6.88. The molecule has 0 aliphatic carbocycles. The summed E-state index contributed by atoms with van der Waals surface area (Å²) in [4.78, 5) is 0. The topological polar surface area (TPSA) is 264 Å². The summed E-state index contributed by atoms with van der Waals surface area (Å²) in [5.74, 6) is 0. The quantitative estimate of drug-likeness (QED) is 0.225. The minimum atomic E-state index is 0. The van der Waals surface area contributed by atoms with E-state index in [0.29, 0.717) is 0 Å². The molecule has 0 heterocycles. The van der Waals surface area contributed by atoms with Crippen LogP contribution in [0, 0.1) is 69.1 Å². The predicted molar refractivity (Wildman–Crippen MR) is 45.3 cm³/mol. The summed E-state index contributed by atoms with van der Waals surface area (Å²) in [6.45, 7) is 0. The average Bonchev–Trinajstić information content (AvgIpc) is 2.23. The molecule has 0 aromatic rings. The number of rotatable bonds is 0. The molecule has 0 atom stereocenters. The summed E-state index contributed by atoms with van der Waals surface area (Å²) in [7, 11) is 0. The third kappa shape index (κ3) is 166. The Bertz CT molecular complexity index is 256. The van der Waals surface area contributed by atoms with Gasteiger partial charge < -0.3 is 30.6 Å². The average molecular weight is 359 g/mol. The van der Waals surface area contributed by atoms with Crippen molar-refractivity contribution in [3.05, 3.63) is 0 Å². The molecule has 0 unspecified atom stereocenters. The summed E-state index contributed by atoms with van der Waals surface area (Å²) in [6, 6.07) is 0. The van der Waals surface area contributed by atoms with Crippen LogP contribution in [0.2, 0.25) is 0 Å². The summed E-state index contributed by atoms with van der Waals surface area (Å²) in [5.41, 5.74) is 0. The number of aliphatic hydroxyl groups is 6. The van der Waals surface area contributed by atoms with Gasteiger partial charge in [-0.3, -0.25) is 0 Å². The molecule has 0 saturated heterocycles. The molecule has 0 fully saturated rings. The van der Waals surface area contributed by atoms with Gasteiger partial charge in [0.1, 0.15) is 0 Å². The first-order valence-corrected chi connectivity index (χ1v) is 2.68. The summed E-state index contributed by atoms with van der Waals surface area (Å²) < 4.78 is 0. The molecule has 0 rings (SSSR count). The Morgan fingerprint density at radius 3 is 0.368 bits per heavy atom. The van der Waals surface area contributed by atoms with Crippen molar-refractivity contribution in [2.75, 3.05) is 0 Å². The van der Waals surface area contributed by atoms with Gasteiger partial charge in [-0.15, -0.1) is 0 Å². The number of hydrogen-bond acceptors (Lipinski definition) is 12. The van der Waals surface area contributed by atoms with Gasteiger partial charge in [0.15, 0.2) is 0 Å². The molecule has 19 heavy (non-hydrogen) atoms. The van der Waals surface area contributed by atoms with E-state index in [1.165, 1.54) is 0 Å². The van der Waals surface area contributed by atoms with Crippen LogP contribution in [-0.2, 0) is 19.5 Å². The van der Waals surface area contributed by atoms with Gasteiger partial charge in [0.05, 0.1) is 0 Å². The molecule has 0 amide bonds. The minimum absolute atomic E-state index is 0. The molecule has 0 aromatic heterocycles. The van der Waals surface area contributed by atoms with Crippen LogP contribution >= 0.6 is 0 Å². The first-order valence-electron chi connectivity index (χ1n) is 2.68. The maximum absolute atomic E-state index is 6.88. The van der Waals surface area contributed by atoms with Crippen LogP contribution in [0.4, 0.5) is 0 Å². The van der Waals surface area contributed by atoms with Gasteiger partial charge in [-0.25, -0.2) is 0 Å². The van der Waals surface area contributed by atoms with Crippen molar-refractivity contribution < 1.29 is 50.1 Å². The van der Waals surface area contributed by atoms with Gasteiger partial charge in [0.2, 0.25) is 0 Å². The third-order valence-corrected chi connectivity index (χ3v) is 0. The van der Waals surface area contributed by atoms with E-state index in [0.717, 1.165) is 37.5 Å². The van der Waals surface area contributed by atoms with E-state index in [1.807, 2.05) is 0 Å². The van der Waals surface area contributed by atoms with Crippen LogP contribution in [0.15, 0.2) is 0 Å². The van der Waals surface area contributed by atoms with Crippen molar-refractivity contribution in [1.82, 2.24) is 0 Å². The van der Waals surface area contributed by atoms with E-state index >= 15 is 0 Å². The van der Waals surface area contributed by atoms with Crippen molar-refractivity contribution in [2.24, 2.45) is 0 Å².